The molecule has 1 aromatic rings. The van der Waals surface area contributed by atoms with Gasteiger partial charge in [-0.05, 0) is 43.1 Å². The van der Waals surface area contributed by atoms with Crippen molar-refractivity contribution in [1.82, 2.24) is 5.32 Å². The first-order valence-electron chi connectivity index (χ1n) is 5.72. The molecule has 1 nitrogen and oxygen atoms in total. The van der Waals surface area contributed by atoms with Crippen LogP contribution in [0.3, 0.4) is 0 Å². The van der Waals surface area contributed by atoms with Gasteiger partial charge in [0.2, 0.25) is 0 Å². The topological polar surface area (TPSA) is 12.0 Å². The maximum absolute atomic E-state index is 3.63. The minimum Gasteiger partial charge on any atom is -0.313 e. The summed E-state index contributed by atoms with van der Waals surface area (Å²) in [7, 11) is 2.03. The molecule has 0 aliphatic rings. The smallest absolute Gasteiger partial charge is 0.0355 e. The summed E-state index contributed by atoms with van der Waals surface area (Å²) < 4.78 is 2.31. The highest BCUT2D eigenvalue weighted by Gasteiger charge is 2.19. The average Bonchev–Trinajstić information content (AvgIpc) is 2.24. The Morgan fingerprint density at radius 1 is 1.31 bits per heavy atom. The molecule has 0 radical (unpaired) electrons. The normalized spacial score (nSPS) is 14.8. The number of nitrogens with one attached hydrogen (secondary N) is 1. The van der Waals surface area contributed by atoms with Crippen LogP contribution in [-0.4, -0.2) is 7.05 Å². The molecule has 1 aromatic carbocycles. The summed E-state index contributed by atoms with van der Waals surface area (Å²) in [6, 6.07) is 6.76. The van der Waals surface area contributed by atoms with E-state index in [9.17, 15) is 0 Å². The van der Waals surface area contributed by atoms with Crippen LogP contribution in [0.15, 0.2) is 27.1 Å². The molecule has 0 saturated heterocycles. The van der Waals surface area contributed by atoms with Crippen LogP contribution in [-0.2, 0) is 0 Å². The Kier molecular flexibility index (Phi) is 6.01. The van der Waals surface area contributed by atoms with Crippen LogP contribution >= 0.6 is 31.9 Å². The molecule has 0 spiro atoms. The van der Waals surface area contributed by atoms with Gasteiger partial charge in [0.25, 0.3) is 0 Å². The zero-order chi connectivity index (χ0) is 12.1. The third-order valence-corrected chi connectivity index (χ3v) is 4.13. The Bertz CT molecular complexity index is 339. The second-order valence-corrected chi connectivity index (χ2v) is 5.97. The van der Waals surface area contributed by atoms with E-state index in [1.54, 1.807) is 0 Å². The highest BCUT2D eigenvalue weighted by molar-refractivity contribution is 9.11. The molecule has 0 saturated carbocycles. The van der Waals surface area contributed by atoms with E-state index >= 15 is 0 Å². The van der Waals surface area contributed by atoms with Crippen LogP contribution in [0.1, 0.15) is 38.3 Å². The lowest BCUT2D eigenvalue weighted by molar-refractivity contribution is 0.383. The summed E-state index contributed by atoms with van der Waals surface area (Å²) in [5.74, 6) is 0.639. The highest BCUT2D eigenvalue weighted by Crippen LogP contribution is 2.32. The highest BCUT2D eigenvalue weighted by atomic mass is 79.9. The van der Waals surface area contributed by atoms with Crippen LogP contribution < -0.4 is 5.32 Å². The van der Waals surface area contributed by atoms with Gasteiger partial charge in [-0.3, -0.25) is 0 Å². The van der Waals surface area contributed by atoms with E-state index < -0.39 is 0 Å². The fourth-order valence-corrected chi connectivity index (χ4v) is 2.99. The maximum atomic E-state index is 3.63. The number of benzene rings is 1. The summed E-state index contributed by atoms with van der Waals surface area (Å²) >= 11 is 7.16. The summed E-state index contributed by atoms with van der Waals surface area (Å²) in [5, 5.41) is 3.42. The van der Waals surface area contributed by atoms with Gasteiger partial charge >= 0.3 is 0 Å². The number of hydrogen-bond donors (Lipinski definition) is 1. The Morgan fingerprint density at radius 3 is 2.56 bits per heavy atom. The zero-order valence-electron chi connectivity index (χ0n) is 10.1. The third-order valence-electron chi connectivity index (χ3n) is 2.92. The van der Waals surface area contributed by atoms with Gasteiger partial charge in [0.15, 0.2) is 0 Å². The summed E-state index contributed by atoms with van der Waals surface area (Å²) in [5.41, 5.74) is 1.33. The first-order valence-corrected chi connectivity index (χ1v) is 7.31. The van der Waals surface area contributed by atoms with Gasteiger partial charge < -0.3 is 5.32 Å². The molecule has 90 valence electrons. The van der Waals surface area contributed by atoms with Crippen molar-refractivity contribution in [3.05, 3.63) is 32.7 Å². The van der Waals surface area contributed by atoms with Crippen LogP contribution in [0, 0.1) is 5.92 Å². The molecule has 0 heterocycles. The van der Waals surface area contributed by atoms with E-state index in [2.05, 4.69) is 69.2 Å². The predicted octanol–water partition coefficient (Wildman–Crippen LogP) is 4.91. The van der Waals surface area contributed by atoms with Gasteiger partial charge in [0.1, 0.15) is 0 Å². The Hall–Kier alpha value is 0.140. The minimum absolute atomic E-state index is 0.409. The number of hydrogen-bond acceptors (Lipinski definition) is 1. The van der Waals surface area contributed by atoms with Crippen LogP contribution in [0.4, 0.5) is 0 Å². The first-order chi connectivity index (χ1) is 7.60. The largest absolute Gasteiger partial charge is 0.313 e. The molecule has 1 N–H and O–H groups in total. The van der Waals surface area contributed by atoms with Gasteiger partial charge in [-0.25, -0.2) is 0 Å². The Labute approximate surface area is 115 Å². The fraction of sp³-hybridized carbons (Fsp3) is 0.538. The summed E-state index contributed by atoms with van der Waals surface area (Å²) in [6.07, 6.45) is 2.47. The van der Waals surface area contributed by atoms with Gasteiger partial charge in [0, 0.05) is 15.0 Å². The molecule has 2 atom stereocenters. The van der Waals surface area contributed by atoms with Crippen LogP contribution in [0.25, 0.3) is 0 Å². The molecule has 0 amide bonds. The van der Waals surface area contributed by atoms with Crippen molar-refractivity contribution in [2.75, 3.05) is 7.05 Å². The molecular formula is C13H19Br2N. The lowest BCUT2D eigenvalue weighted by atomic mass is 9.91. The van der Waals surface area contributed by atoms with Crippen molar-refractivity contribution < 1.29 is 0 Å². The first kappa shape index (κ1) is 14.2. The van der Waals surface area contributed by atoms with E-state index in [1.807, 2.05) is 7.05 Å². The fourth-order valence-electron chi connectivity index (χ4n) is 2.12. The predicted molar refractivity (Wildman–Crippen MR) is 77.7 cm³/mol. The average molecular weight is 349 g/mol. The van der Waals surface area contributed by atoms with Crippen molar-refractivity contribution >= 4 is 31.9 Å². The van der Waals surface area contributed by atoms with Gasteiger partial charge in [-0.15, -0.1) is 0 Å². The van der Waals surface area contributed by atoms with Gasteiger partial charge in [-0.1, -0.05) is 52.1 Å². The monoisotopic (exact) mass is 347 g/mol. The molecule has 0 aliphatic carbocycles. The van der Waals surface area contributed by atoms with Crippen molar-refractivity contribution in [3.63, 3.8) is 0 Å². The Morgan fingerprint density at radius 2 is 2.00 bits per heavy atom. The van der Waals surface area contributed by atoms with Crippen LogP contribution in [0.5, 0.6) is 0 Å². The molecule has 0 aromatic heterocycles. The lowest BCUT2D eigenvalue weighted by Crippen LogP contribution is -2.23. The van der Waals surface area contributed by atoms with Crippen molar-refractivity contribution in [2.45, 2.75) is 32.7 Å². The molecule has 1 rings (SSSR count). The van der Waals surface area contributed by atoms with Gasteiger partial charge in [0.05, 0.1) is 0 Å². The number of rotatable bonds is 5. The minimum atomic E-state index is 0.409. The quantitative estimate of drug-likeness (QED) is 0.797. The summed E-state index contributed by atoms with van der Waals surface area (Å²) in [4.78, 5) is 0. The SMILES string of the molecule is CCCC(C)C(NC)c1cc(Br)ccc1Br. The molecule has 0 aliphatic heterocycles. The Balaban J connectivity index is 2.98. The molecule has 16 heavy (non-hydrogen) atoms. The van der Waals surface area contributed by atoms with Crippen molar-refractivity contribution in [3.8, 4) is 0 Å². The molecule has 0 fully saturated rings. The number of halogens is 2. The summed E-state index contributed by atoms with van der Waals surface area (Å²) in [6.45, 7) is 4.54. The molecule has 2 unspecified atom stereocenters. The zero-order valence-corrected chi connectivity index (χ0v) is 13.2. The molecule has 0 bridgehead atoms. The molecule has 3 heteroatoms. The van der Waals surface area contributed by atoms with E-state index in [0.717, 1.165) is 4.47 Å². The van der Waals surface area contributed by atoms with E-state index in [0.29, 0.717) is 12.0 Å². The third kappa shape index (κ3) is 3.57. The molecular weight excluding hydrogens is 330 g/mol. The standard InChI is InChI=1S/C13H19Br2N/c1-4-5-9(2)13(16-3)11-8-10(14)6-7-12(11)15/h6-9,13,16H,4-5H2,1-3H3. The van der Waals surface area contributed by atoms with Crippen molar-refractivity contribution in [2.24, 2.45) is 5.92 Å². The second kappa shape index (κ2) is 6.77. The van der Waals surface area contributed by atoms with Gasteiger partial charge in [-0.2, -0.15) is 0 Å². The van der Waals surface area contributed by atoms with E-state index in [1.165, 1.54) is 22.9 Å². The lowest BCUT2D eigenvalue weighted by Gasteiger charge is -2.25. The van der Waals surface area contributed by atoms with Crippen molar-refractivity contribution in [1.29, 1.82) is 0 Å². The van der Waals surface area contributed by atoms with E-state index in [-0.39, 0.29) is 0 Å². The maximum Gasteiger partial charge on any atom is 0.0355 e. The second-order valence-electron chi connectivity index (χ2n) is 4.20. The van der Waals surface area contributed by atoms with Crippen LogP contribution in [0.2, 0.25) is 0 Å². The van der Waals surface area contributed by atoms with E-state index in [4.69, 9.17) is 0 Å².